The Balaban J connectivity index is 1.34. The summed E-state index contributed by atoms with van der Waals surface area (Å²) < 4.78 is 55.0. The molecule has 13 heteroatoms. The molecule has 3 heterocycles. The summed E-state index contributed by atoms with van der Waals surface area (Å²) in [5.41, 5.74) is 3.37. The third-order valence-electron chi connectivity index (χ3n) is 8.53. The summed E-state index contributed by atoms with van der Waals surface area (Å²) in [5.74, 6) is 0.291. The molecule has 1 saturated heterocycles. The number of nitrogens with zero attached hydrogens (tertiary/aromatic N) is 4. The Hall–Kier alpha value is -3.68. The molecule has 252 valence electrons. The van der Waals surface area contributed by atoms with E-state index in [-0.39, 0.29) is 12.6 Å². The smallest absolute Gasteiger partial charge is 0.416 e. The van der Waals surface area contributed by atoms with Crippen molar-refractivity contribution in [1.29, 1.82) is 0 Å². The van der Waals surface area contributed by atoms with E-state index in [1.165, 1.54) is 11.0 Å². The van der Waals surface area contributed by atoms with Gasteiger partial charge in [-0.3, -0.25) is 4.90 Å². The van der Waals surface area contributed by atoms with Crippen molar-refractivity contribution in [2.75, 3.05) is 41.4 Å². The number of alkyl halides is 3. The van der Waals surface area contributed by atoms with Crippen LogP contribution in [0, 0.1) is 0 Å². The minimum atomic E-state index is -4.57. The second-order valence-electron chi connectivity index (χ2n) is 11.8. The van der Waals surface area contributed by atoms with E-state index < -0.39 is 23.9 Å². The molecule has 8 nitrogen and oxygen atoms in total. The Morgan fingerprint density at radius 3 is 2.42 bits per heavy atom. The summed E-state index contributed by atoms with van der Waals surface area (Å²) >= 11 is 7.13. The van der Waals surface area contributed by atoms with Gasteiger partial charge < -0.3 is 19.7 Å². The van der Waals surface area contributed by atoms with E-state index in [4.69, 9.17) is 14.5 Å². The van der Waals surface area contributed by atoms with Crippen LogP contribution < -0.4 is 15.1 Å². The number of rotatable bonds is 8. The van der Waals surface area contributed by atoms with Crippen molar-refractivity contribution < 1.29 is 27.4 Å². The Morgan fingerprint density at radius 1 is 1.00 bits per heavy atom. The van der Waals surface area contributed by atoms with E-state index in [1.54, 1.807) is 6.20 Å². The van der Waals surface area contributed by atoms with Gasteiger partial charge in [-0.1, -0.05) is 69.1 Å². The molecule has 6 rings (SSSR count). The lowest BCUT2D eigenvalue weighted by Crippen LogP contribution is -2.46. The highest BCUT2D eigenvalue weighted by Gasteiger charge is 2.39. The molecule has 1 N–H and O–H groups in total. The molecule has 3 aromatic carbocycles. The van der Waals surface area contributed by atoms with Gasteiger partial charge in [0.25, 0.3) is 0 Å². The van der Waals surface area contributed by atoms with Crippen LogP contribution in [0.2, 0.25) is 0 Å². The number of ether oxygens (including phenoxy) is 2. The molecule has 4 aromatic rings. The number of amides is 1. The van der Waals surface area contributed by atoms with E-state index >= 15 is 0 Å². The number of morpholine rings is 1. The number of hydrogen-bond acceptors (Lipinski definition) is 7. The topological polar surface area (TPSA) is 79.8 Å². The summed E-state index contributed by atoms with van der Waals surface area (Å²) in [6.45, 7) is 4.54. The highest BCUT2D eigenvalue weighted by atomic mass is 79.9. The largest absolute Gasteiger partial charge is 0.444 e. The zero-order valence-electron chi connectivity index (χ0n) is 26.1. The first-order valence-electron chi connectivity index (χ1n) is 15.7. The van der Waals surface area contributed by atoms with E-state index in [0.29, 0.717) is 62.8 Å². The van der Waals surface area contributed by atoms with Crippen molar-refractivity contribution in [3.8, 4) is 0 Å². The fourth-order valence-corrected chi connectivity index (χ4v) is 7.58. The Kier molecular flexibility index (Phi) is 10.6. The van der Waals surface area contributed by atoms with E-state index in [2.05, 4.69) is 47.1 Å². The predicted molar refractivity (Wildman–Crippen MR) is 185 cm³/mol. The van der Waals surface area contributed by atoms with Crippen LogP contribution in [0.15, 0.2) is 81.9 Å². The first-order chi connectivity index (χ1) is 23.1. The fraction of sp³-hybridized carbons (Fsp3) is 0.343. The van der Waals surface area contributed by atoms with Crippen LogP contribution in [0.4, 0.5) is 35.3 Å². The molecule has 2 aliphatic rings. The van der Waals surface area contributed by atoms with Gasteiger partial charge in [-0.25, -0.2) is 14.8 Å². The lowest BCUT2D eigenvalue weighted by Gasteiger charge is -2.40. The number of aromatic nitrogens is 2. The van der Waals surface area contributed by atoms with Crippen molar-refractivity contribution in [1.82, 2.24) is 9.97 Å². The summed E-state index contributed by atoms with van der Waals surface area (Å²) in [6, 6.07) is 17.8. The molecular formula is C35H34Br2F3N5O3. The molecule has 1 aromatic heterocycles. The Bertz CT molecular complexity index is 1740. The van der Waals surface area contributed by atoms with Crippen LogP contribution >= 0.6 is 31.9 Å². The van der Waals surface area contributed by atoms with Gasteiger partial charge in [0.05, 0.1) is 48.1 Å². The summed E-state index contributed by atoms with van der Waals surface area (Å²) in [5, 5.41) is 3.35. The average Bonchev–Trinajstić information content (AvgIpc) is 3.07. The molecular weight excluding hydrogens is 755 g/mol. The molecule has 0 radical (unpaired) electrons. The molecule has 2 aliphatic heterocycles. The fourth-order valence-electron chi connectivity index (χ4n) is 6.19. The number of hydrogen-bond donors (Lipinski definition) is 1. The monoisotopic (exact) mass is 787 g/mol. The summed E-state index contributed by atoms with van der Waals surface area (Å²) in [7, 11) is 0. The van der Waals surface area contributed by atoms with Crippen LogP contribution in [-0.4, -0.2) is 48.4 Å². The maximum Gasteiger partial charge on any atom is 0.416 e. The second kappa shape index (κ2) is 14.8. The maximum absolute atomic E-state index is 14.0. The molecule has 0 spiro atoms. The maximum atomic E-state index is 14.0. The Labute approximate surface area is 293 Å². The van der Waals surface area contributed by atoms with Gasteiger partial charge in [0.15, 0.2) is 0 Å². The van der Waals surface area contributed by atoms with Gasteiger partial charge in [0.1, 0.15) is 6.61 Å². The van der Waals surface area contributed by atoms with Gasteiger partial charge >= 0.3 is 12.3 Å². The lowest BCUT2D eigenvalue weighted by atomic mass is 9.89. The quantitative estimate of drug-likeness (QED) is 0.191. The number of benzene rings is 3. The lowest BCUT2D eigenvalue weighted by molar-refractivity contribution is -0.137. The normalized spacial score (nSPS) is 18.0. The third-order valence-corrected chi connectivity index (χ3v) is 9.45. The molecule has 2 atom stereocenters. The predicted octanol–water partition coefficient (Wildman–Crippen LogP) is 8.93. The molecule has 0 saturated carbocycles. The number of anilines is 3. The number of fused-ring (bicyclic) bond motifs is 1. The van der Waals surface area contributed by atoms with Crippen LogP contribution in [0.5, 0.6) is 0 Å². The highest BCUT2D eigenvalue weighted by Crippen LogP contribution is 2.43. The van der Waals surface area contributed by atoms with Crippen LogP contribution in [-0.2, 0) is 28.7 Å². The number of carbonyl (C=O) groups is 1. The number of nitrogens with one attached hydrogen (secondary N) is 1. The zero-order valence-corrected chi connectivity index (χ0v) is 29.3. The minimum absolute atomic E-state index is 0.0465. The van der Waals surface area contributed by atoms with Crippen molar-refractivity contribution in [3.05, 3.63) is 110 Å². The standard InChI is InChI=1S/C35H34Br2F3N5O3/c1-2-27-19-29(28-17-24(35(38,39)40)8-9-31(28)45(27)34(46)48-21-22-6-4-3-5-7-22)42-33-41-20-32(44-10-12-47-13-11-44)30(43-33)16-23-14-25(36)18-26(37)15-23/h3-9,14-15,17-18,20,27,29H,2,10-13,16,19,21H2,1H3,(H,41,42,43). The van der Waals surface area contributed by atoms with Gasteiger partial charge in [-0.2, -0.15) is 13.2 Å². The molecule has 0 bridgehead atoms. The SMILES string of the molecule is CCC1CC(Nc2ncc(N3CCOCC3)c(Cc3cc(Br)cc(Br)c3)n2)c2cc(C(F)(F)F)ccc2N1C(=O)OCc1ccccc1. The van der Waals surface area contributed by atoms with E-state index in [0.717, 1.165) is 43.6 Å². The highest BCUT2D eigenvalue weighted by molar-refractivity contribution is 9.11. The Morgan fingerprint density at radius 2 is 1.73 bits per heavy atom. The van der Waals surface area contributed by atoms with Crippen LogP contribution in [0.3, 0.4) is 0 Å². The van der Waals surface area contributed by atoms with E-state index in [9.17, 15) is 18.0 Å². The van der Waals surface area contributed by atoms with E-state index in [1.807, 2.05) is 55.5 Å². The van der Waals surface area contributed by atoms with Crippen molar-refractivity contribution in [2.45, 2.75) is 51.1 Å². The van der Waals surface area contributed by atoms with Crippen LogP contribution in [0.25, 0.3) is 0 Å². The van der Waals surface area contributed by atoms with Gasteiger partial charge in [0.2, 0.25) is 5.95 Å². The minimum Gasteiger partial charge on any atom is -0.444 e. The zero-order chi connectivity index (χ0) is 33.8. The average molecular weight is 789 g/mol. The van der Waals surface area contributed by atoms with Crippen LogP contribution in [0.1, 0.15) is 53.8 Å². The number of carbonyl (C=O) groups excluding carboxylic acids is 1. The van der Waals surface area contributed by atoms with Gasteiger partial charge in [0, 0.05) is 34.5 Å². The number of halogens is 5. The first-order valence-corrected chi connectivity index (χ1v) is 17.3. The van der Waals surface area contributed by atoms with Gasteiger partial charge in [-0.15, -0.1) is 0 Å². The van der Waals surface area contributed by atoms with Gasteiger partial charge in [-0.05, 0) is 65.9 Å². The van der Waals surface area contributed by atoms with Crippen molar-refractivity contribution in [2.24, 2.45) is 0 Å². The second-order valence-corrected chi connectivity index (χ2v) is 13.6. The summed E-state index contributed by atoms with van der Waals surface area (Å²) in [6.07, 6.45) is -2.03. The molecule has 2 unspecified atom stereocenters. The molecule has 1 amide bonds. The van der Waals surface area contributed by atoms with Crippen molar-refractivity contribution >= 4 is 55.3 Å². The summed E-state index contributed by atoms with van der Waals surface area (Å²) in [4.78, 5) is 26.8. The molecule has 1 fully saturated rings. The first kappa shape index (κ1) is 34.2. The molecule has 0 aliphatic carbocycles. The molecule has 48 heavy (non-hydrogen) atoms. The third kappa shape index (κ3) is 7.95. The van der Waals surface area contributed by atoms with Crippen molar-refractivity contribution in [3.63, 3.8) is 0 Å².